The van der Waals surface area contributed by atoms with E-state index in [1.165, 1.54) is 37.9 Å². The molecule has 88 valence electrons. The van der Waals surface area contributed by atoms with E-state index < -0.39 is 0 Å². The van der Waals surface area contributed by atoms with E-state index in [1.807, 2.05) is 0 Å². The molecular formula is C15H23N. The Labute approximate surface area is 99.5 Å². The molecule has 1 heterocycles. The molecule has 1 aromatic rings. The van der Waals surface area contributed by atoms with Crippen molar-refractivity contribution in [3.8, 4) is 0 Å². The second kappa shape index (κ2) is 5.49. The smallest absolute Gasteiger partial charge is 0.0319 e. The molecule has 1 unspecified atom stereocenters. The van der Waals surface area contributed by atoms with Crippen LogP contribution in [0.3, 0.4) is 0 Å². The predicted octanol–water partition coefficient (Wildman–Crippen LogP) is 3.87. The first-order chi connectivity index (χ1) is 7.81. The fraction of sp³-hybridized carbons (Fsp3) is 0.600. The Bertz CT molecular complexity index is 298. The number of piperidine rings is 1. The lowest BCUT2D eigenvalue weighted by Crippen LogP contribution is -2.35. The molecule has 0 amide bonds. The highest BCUT2D eigenvalue weighted by Crippen LogP contribution is 2.27. The van der Waals surface area contributed by atoms with Crippen LogP contribution in [0.15, 0.2) is 30.3 Å². The van der Waals surface area contributed by atoms with E-state index in [4.69, 9.17) is 0 Å². The Kier molecular flexibility index (Phi) is 4.00. The summed E-state index contributed by atoms with van der Waals surface area (Å²) in [4.78, 5) is 2.63. The van der Waals surface area contributed by atoms with Gasteiger partial charge in [0.2, 0.25) is 0 Å². The summed E-state index contributed by atoms with van der Waals surface area (Å²) in [5, 5.41) is 0. The molecule has 1 saturated heterocycles. The van der Waals surface area contributed by atoms with Gasteiger partial charge in [-0.3, -0.25) is 4.90 Å². The van der Waals surface area contributed by atoms with Crippen molar-refractivity contribution in [2.45, 2.75) is 39.2 Å². The molecule has 0 aromatic heterocycles. The summed E-state index contributed by atoms with van der Waals surface area (Å²) in [6.07, 6.45) is 4.12. The minimum absolute atomic E-state index is 0.582. The van der Waals surface area contributed by atoms with Crippen molar-refractivity contribution in [3.05, 3.63) is 35.9 Å². The summed E-state index contributed by atoms with van der Waals surface area (Å²) in [6, 6.07) is 11.5. The average molecular weight is 217 g/mol. The molecule has 1 atom stereocenters. The highest BCUT2D eigenvalue weighted by atomic mass is 15.2. The van der Waals surface area contributed by atoms with Crippen molar-refractivity contribution >= 4 is 0 Å². The van der Waals surface area contributed by atoms with Gasteiger partial charge in [-0.05, 0) is 44.3 Å². The first kappa shape index (κ1) is 11.7. The molecule has 0 saturated carbocycles. The second-order valence-corrected chi connectivity index (χ2v) is 4.97. The minimum Gasteiger partial charge on any atom is -0.297 e. The van der Waals surface area contributed by atoms with Crippen molar-refractivity contribution in [1.29, 1.82) is 0 Å². The van der Waals surface area contributed by atoms with Crippen LogP contribution in [0, 0.1) is 5.92 Å². The maximum Gasteiger partial charge on any atom is 0.0319 e. The Morgan fingerprint density at radius 2 is 1.81 bits per heavy atom. The molecule has 1 aromatic carbocycles. The van der Waals surface area contributed by atoms with Crippen LogP contribution in [0.25, 0.3) is 0 Å². The number of rotatable bonds is 3. The Morgan fingerprint density at radius 1 is 1.19 bits per heavy atom. The van der Waals surface area contributed by atoms with Crippen LogP contribution in [-0.2, 0) is 0 Å². The molecule has 1 aliphatic heterocycles. The topological polar surface area (TPSA) is 3.24 Å². The summed E-state index contributed by atoms with van der Waals surface area (Å²) in [6.45, 7) is 7.20. The molecule has 0 aliphatic carbocycles. The molecule has 0 spiro atoms. The molecular weight excluding hydrogens is 194 g/mol. The highest BCUT2D eigenvalue weighted by Gasteiger charge is 2.22. The first-order valence-electron chi connectivity index (χ1n) is 6.60. The zero-order chi connectivity index (χ0) is 11.4. The monoisotopic (exact) mass is 217 g/mol. The van der Waals surface area contributed by atoms with Gasteiger partial charge in [-0.25, -0.2) is 0 Å². The Morgan fingerprint density at radius 3 is 2.38 bits per heavy atom. The van der Waals surface area contributed by atoms with Gasteiger partial charge < -0.3 is 0 Å². The number of likely N-dealkylation sites (tertiary alicyclic amines) is 1. The van der Waals surface area contributed by atoms with Gasteiger partial charge in [0.15, 0.2) is 0 Å². The van der Waals surface area contributed by atoms with Gasteiger partial charge in [-0.2, -0.15) is 0 Å². The van der Waals surface area contributed by atoms with Crippen molar-refractivity contribution in [1.82, 2.24) is 4.90 Å². The quantitative estimate of drug-likeness (QED) is 0.743. The van der Waals surface area contributed by atoms with E-state index in [-0.39, 0.29) is 0 Å². The van der Waals surface area contributed by atoms with Crippen LogP contribution < -0.4 is 0 Å². The van der Waals surface area contributed by atoms with E-state index in [2.05, 4.69) is 49.1 Å². The highest BCUT2D eigenvalue weighted by molar-refractivity contribution is 5.18. The third kappa shape index (κ3) is 2.65. The Balaban J connectivity index is 1.94. The molecule has 0 bridgehead atoms. The van der Waals surface area contributed by atoms with Crippen molar-refractivity contribution in [3.63, 3.8) is 0 Å². The van der Waals surface area contributed by atoms with E-state index in [0.717, 1.165) is 5.92 Å². The van der Waals surface area contributed by atoms with Crippen molar-refractivity contribution in [2.24, 2.45) is 5.92 Å². The van der Waals surface area contributed by atoms with Gasteiger partial charge in [0.05, 0.1) is 0 Å². The third-order valence-corrected chi connectivity index (χ3v) is 4.06. The van der Waals surface area contributed by atoms with Gasteiger partial charge in [-0.1, -0.05) is 43.7 Å². The molecule has 0 radical (unpaired) electrons. The van der Waals surface area contributed by atoms with Gasteiger partial charge in [-0.15, -0.1) is 0 Å². The molecule has 1 aliphatic rings. The lowest BCUT2D eigenvalue weighted by Gasteiger charge is -2.36. The molecule has 1 fully saturated rings. The predicted molar refractivity (Wildman–Crippen MR) is 69.4 cm³/mol. The molecule has 0 N–H and O–H groups in total. The van der Waals surface area contributed by atoms with E-state index in [0.29, 0.717) is 6.04 Å². The van der Waals surface area contributed by atoms with E-state index in [9.17, 15) is 0 Å². The maximum absolute atomic E-state index is 2.63. The minimum atomic E-state index is 0.582. The summed E-state index contributed by atoms with van der Waals surface area (Å²) in [7, 11) is 0. The number of hydrogen-bond donors (Lipinski definition) is 0. The van der Waals surface area contributed by atoms with Crippen molar-refractivity contribution in [2.75, 3.05) is 13.1 Å². The van der Waals surface area contributed by atoms with Crippen molar-refractivity contribution < 1.29 is 0 Å². The zero-order valence-electron chi connectivity index (χ0n) is 10.5. The first-order valence-corrected chi connectivity index (χ1v) is 6.60. The van der Waals surface area contributed by atoms with Crippen LogP contribution in [-0.4, -0.2) is 18.0 Å². The van der Waals surface area contributed by atoms with Gasteiger partial charge in [0.1, 0.15) is 0 Å². The summed E-state index contributed by atoms with van der Waals surface area (Å²) in [5.74, 6) is 0.972. The molecule has 2 rings (SSSR count). The lowest BCUT2D eigenvalue weighted by molar-refractivity contribution is 0.139. The van der Waals surface area contributed by atoms with E-state index in [1.54, 1.807) is 0 Å². The third-order valence-electron chi connectivity index (χ3n) is 4.06. The number of nitrogens with zero attached hydrogens (tertiary/aromatic N) is 1. The second-order valence-electron chi connectivity index (χ2n) is 4.97. The Hall–Kier alpha value is -0.820. The van der Waals surface area contributed by atoms with E-state index >= 15 is 0 Å². The lowest BCUT2D eigenvalue weighted by atomic mass is 9.93. The van der Waals surface area contributed by atoms with Crippen LogP contribution in [0.2, 0.25) is 0 Å². The van der Waals surface area contributed by atoms with Crippen LogP contribution in [0.1, 0.15) is 44.7 Å². The van der Waals surface area contributed by atoms with Crippen LogP contribution >= 0.6 is 0 Å². The number of benzene rings is 1. The fourth-order valence-electron chi connectivity index (χ4n) is 2.69. The summed E-state index contributed by atoms with van der Waals surface area (Å²) in [5.41, 5.74) is 1.46. The summed E-state index contributed by atoms with van der Waals surface area (Å²) < 4.78 is 0. The normalized spacial score (nSPS) is 20.9. The largest absolute Gasteiger partial charge is 0.297 e. The zero-order valence-corrected chi connectivity index (χ0v) is 10.5. The standard InChI is InChI=1S/C15H23N/c1-3-14-9-11-16(12-10-14)13(2)15-7-5-4-6-8-15/h4-8,13-14H,3,9-12H2,1-2H3. The average Bonchev–Trinajstić information content (AvgIpc) is 2.39. The molecule has 16 heavy (non-hydrogen) atoms. The van der Waals surface area contributed by atoms with Gasteiger partial charge >= 0.3 is 0 Å². The van der Waals surface area contributed by atoms with Gasteiger partial charge in [0, 0.05) is 6.04 Å². The van der Waals surface area contributed by atoms with Crippen LogP contribution in [0.4, 0.5) is 0 Å². The summed E-state index contributed by atoms with van der Waals surface area (Å²) >= 11 is 0. The van der Waals surface area contributed by atoms with Crippen LogP contribution in [0.5, 0.6) is 0 Å². The van der Waals surface area contributed by atoms with Gasteiger partial charge in [0.25, 0.3) is 0 Å². The maximum atomic E-state index is 2.63. The fourth-order valence-corrected chi connectivity index (χ4v) is 2.69. The molecule has 1 nitrogen and oxygen atoms in total. The molecule has 1 heteroatoms. The SMILES string of the molecule is CCC1CCN(C(C)c2ccccc2)CC1. The number of hydrogen-bond acceptors (Lipinski definition) is 1.